The van der Waals surface area contributed by atoms with E-state index >= 15 is 0 Å². The van der Waals surface area contributed by atoms with E-state index in [1.54, 1.807) is 0 Å². The molecule has 2 N–H and O–H groups in total. The summed E-state index contributed by atoms with van der Waals surface area (Å²) in [4.78, 5) is 0. The molecule has 0 atom stereocenters. The van der Waals surface area contributed by atoms with Gasteiger partial charge in [-0.1, -0.05) is 89.5 Å². The Morgan fingerprint density at radius 3 is 1.42 bits per heavy atom. The summed E-state index contributed by atoms with van der Waals surface area (Å²) in [5, 5.41) is 7.23. The van der Waals surface area contributed by atoms with Gasteiger partial charge in [-0.25, -0.2) is 0 Å². The monoisotopic (exact) mass is 332 g/mol. The van der Waals surface area contributed by atoms with Crippen LogP contribution in [-0.2, 0) is 13.1 Å². The van der Waals surface area contributed by atoms with Gasteiger partial charge in [0.25, 0.3) is 0 Å². The number of hydrogen-bond acceptors (Lipinski definition) is 2. The van der Waals surface area contributed by atoms with E-state index in [2.05, 4.69) is 48.7 Å². The molecule has 0 unspecified atom stereocenters. The summed E-state index contributed by atoms with van der Waals surface area (Å²) in [7, 11) is 0. The van der Waals surface area contributed by atoms with Crippen molar-refractivity contribution in [3.8, 4) is 0 Å². The third kappa shape index (κ3) is 10.8. The van der Waals surface area contributed by atoms with E-state index in [0.29, 0.717) is 0 Å². The first-order valence-corrected chi connectivity index (χ1v) is 10.4. The fourth-order valence-corrected chi connectivity index (χ4v) is 3.06. The minimum atomic E-state index is 1.00. The first-order chi connectivity index (χ1) is 11.9. The molecule has 0 fully saturated rings. The lowest BCUT2D eigenvalue weighted by Crippen LogP contribution is -2.19. The Morgan fingerprint density at radius 2 is 1.00 bits per heavy atom. The summed E-state index contributed by atoms with van der Waals surface area (Å²) in [5.74, 6) is 0. The molecule has 0 aliphatic carbocycles. The molecule has 2 nitrogen and oxygen atoms in total. The Morgan fingerprint density at radius 1 is 0.583 bits per heavy atom. The third-order valence-electron chi connectivity index (χ3n) is 4.66. The van der Waals surface area contributed by atoms with E-state index in [4.69, 9.17) is 0 Å². The first-order valence-electron chi connectivity index (χ1n) is 10.4. The highest BCUT2D eigenvalue weighted by molar-refractivity contribution is 5.26. The number of unbranched alkanes of at least 4 members (excludes halogenated alkanes) is 8. The molecule has 2 heteroatoms. The average Bonchev–Trinajstić information content (AvgIpc) is 2.61. The third-order valence-corrected chi connectivity index (χ3v) is 4.66. The SMILES string of the molecule is CCCCCCCNCc1ccccc1CNCCCCCCC. The second kappa shape index (κ2) is 15.7. The van der Waals surface area contributed by atoms with Crippen molar-refractivity contribution in [2.75, 3.05) is 13.1 Å². The van der Waals surface area contributed by atoms with Gasteiger partial charge in [0, 0.05) is 13.1 Å². The Bertz CT molecular complexity index is 352. The minimum Gasteiger partial charge on any atom is -0.313 e. The van der Waals surface area contributed by atoms with Crippen molar-refractivity contribution in [1.82, 2.24) is 10.6 Å². The van der Waals surface area contributed by atoms with Crippen LogP contribution in [0.25, 0.3) is 0 Å². The molecule has 0 radical (unpaired) electrons. The standard InChI is InChI=1S/C22H40N2/c1-3-5-7-9-13-17-23-19-21-15-11-12-16-22(21)20-24-18-14-10-8-6-4-2/h11-12,15-16,23-24H,3-10,13-14,17-20H2,1-2H3. The highest BCUT2D eigenvalue weighted by Gasteiger charge is 2.01. The zero-order valence-corrected chi connectivity index (χ0v) is 16.2. The van der Waals surface area contributed by atoms with Crippen LogP contribution in [0.5, 0.6) is 0 Å². The van der Waals surface area contributed by atoms with Gasteiger partial charge in [-0.2, -0.15) is 0 Å². The summed E-state index contributed by atoms with van der Waals surface area (Å²) >= 11 is 0. The number of hydrogen-bond donors (Lipinski definition) is 2. The van der Waals surface area contributed by atoms with Crippen LogP contribution in [0.1, 0.15) is 89.2 Å². The molecule has 138 valence electrons. The van der Waals surface area contributed by atoms with Crippen LogP contribution in [-0.4, -0.2) is 13.1 Å². The molecule has 0 saturated carbocycles. The van der Waals surface area contributed by atoms with Gasteiger partial charge in [-0.05, 0) is 37.1 Å². The van der Waals surface area contributed by atoms with Crippen molar-refractivity contribution in [3.05, 3.63) is 35.4 Å². The van der Waals surface area contributed by atoms with Gasteiger partial charge in [0.15, 0.2) is 0 Å². The van der Waals surface area contributed by atoms with Gasteiger partial charge < -0.3 is 10.6 Å². The van der Waals surface area contributed by atoms with Crippen LogP contribution >= 0.6 is 0 Å². The van der Waals surface area contributed by atoms with Gasteiger partial charge in [0.1, 0.15) is 0 Å². The smallest absolute Gasteiger partial charge is 0.0208 e. The molecule has 1 aromatic rings. The van der Waals surface area contributed by atoms with Crippen molar-refractivity contribution in [2.24, 2.45) is 0 Å². The van der Waals surface area contributed by atoms with E-state index < -0.39 is 0 Å². The fraction of sp³-hybridized carbons (Fsp3) is 0.727. The predicted molar refractivity (Wildman–Crippen MR) is 107 cm³/mol. The highest BCUT2D eigenvalue weighted by atomic mass is 14.9. The second-order valence-corrected chi connectivity index (χ2v) is 6.95. The molecular weight excluding hydrogens is 292 g/mol. The van der Waals surface area contributed by atoms with Gasteiger partial charge in [0.2, 0.25) is 0 Å². The molecule has 0 aliphatic heterocycles. The molecule has 0 aromatic heterocycles. The normalized spacial score (nSPS) is 11.1. The summed E-state index contributed by atoms with van der Waals surface area (Å²) in [6.45, 7) is 8.83. The van der Waals surface area contributed by atoms with Gasteiger partial charge in [-0.15, -0.1) is 0 Å². The zero-order valence-electron chi connectivity index (χ0n) is 16.2. The Kier molecular flexibility index (Phi) is 13.8. The lowest BCUT2D eigenvalue weighted by Gasteiger charge is -2.12. The van der Waals surface area contributed by atoms with Crippen molar-refractivity contribution in [3.63, 3.8) is 0 Å². The molecule has 24 heavy (non-hydrogen) atoms. The summed E-state index contributed by atoms with van der Waals surface area (Å²) < 4.78 is 0. The van der Waals surface area contributed by atoms with Crippen LogP contribution in [0, 0.1) is 0 Å². The Hall–Kier alpha value is -0.860. The summed E-state index contributed by atoms with van der Waals surface area (Å²) in [6, 6.07) is 8.85. The number of benzene rings is 1. The maximum Gasteiger partial charge on any atom is 0.0208 e. The molecule has 0 spiro atoms. The number of rotatable bonds is 16. The first kappa shape index (κ1) is 21.2. The molecule has 0 saturated heterocycles. The van der Waals surface area contributed by atoms with Crippen molar-refractivity contribution in [1.29, 1.82) is 0 Å². The molecule has 1 aromatic carbocycles. The molecule has 0 amide bonds. The lowest BCUT2D eigenvalue weighted by molar-refractivity contribution is 0.573. The van der Waals surface area contributed by atoms with Gasteiger partial charge in [-0.3, -0.25) is 0 Å². The minimum absolute atomic E-state index is 1.00. The van der Waals surface area contributed by atoms with Crippen LogP contribution in [0.3, 0.4) is 0 Å². The fourth-order valence-electron chi connectivity index (χ4n) is 3.06. The largest absolute Gasteiger partial charge is 0.313 e. The maximum absolute atomic E-state index is 3.62. The van der Waals surface area contributed by atoms with Crippen LogP contribution in [0.4, 0.5) is 0 Å². The maximum atomic E-state index is 3.62. The van der Waals surface area contributed by atoms with Crippen LogP contribution < -0.4 is 10.6 Å². The van der Waals surface area contributed by atoms with E-state index in [0.717, 1.165) is 26.2 Å². The van der Waals surface area contributed by atoms with E-state index in [1.807, 2.05) is 0 Å². The van der Waals surface area contributed by atoms with Crippen LogP contribution in [0.2, 0.25) is 0 Å². The van der Waals surface area contributed by atoms with Crippen molar-refractivity contribution < 1.29 is 0 Å². The van der Waals surface area contributed by atoms with Gasteiger partial charge >= 0.3 is 0 Å². The summed E-state index contributed by atoms with van der Waals surface area (Å²) in [6.07, 6.45) is 13.5. The Labute approximate surface area is 150 Å². The predicted octanol–water partition coefficient (Wildman–Crippen LogP) is 5.81. The highest BCUT2D eigenvalue weighted by Crippen LogP contribution is 2.09. The molecule has 1 rings (SSSR count). The Balaban J connectivity index is 2.14. The molecule has 0 heterocycles. The average molecular weight is 333 g/mol. The topological polar surface area (TPSA) is 24.1 Å². The van der Waals surface area contributed by atoms with E-state index in [-0.39, 0.29) is 0 Å². The van der Waals surface area contributed by atoms with Crippen LogP contribution in [0.15, 0.2) is 24.3 Å². The molecular formula is C22H40N2. The quantitative estimate of drug-likeness (QED) is 0.373. The van der Waals surface area contributed by atoms with Gasteiger partial charge in [0.05, 0.1) is 0 Å². The van der Waals surface area contributed by atoms with Crippen molar-refractivity contribution >= 4 is 0 Å². The molecule has 0 bridgehead atoms. The van der Waals surface area contributed by atoms with E-state index in [9.17, 15) is 0 Å². The summed E-state index contributed by atoms with van der Waals surface area (Å²) in [5.41, 5.74) is 2.90. The second-order valence-electron chi connectivity index (χ2n) is 6.95. The zero-order chi connectivity index (χ0) is 17.3. The van der Waals surface area contributed by atoms with Crippen molar-refractivity contribution in [2.45, 2.75) is 91.1 Å². The van der Waals surface area contributed by atoms with E-state index in [1.165, 1.54) is 75.3 Å². The lowest BCUT2D eigenvalue weighted by atomic mass is 10.1. The number of nitrogens with one attached hydrogen (secondary N) is 2. The molecule has 0 aliphatic rings.